The highest BCUT2D eigenvalue weighted by atomic mass is 16.3. The quantitative estimate of drug-likeness (QED) is 0.745. The fourth-order valence-electron chi connectivity index (χ4n) is 1.55. The van der Waals surface area contributed by atoms with Crippen LogP contribution in [0.2, 0.25) is 0 Å². The molecule has 2 nitrogen and oxygen atoms in total. The van der Waals surface area contributed by atoms with Gasteiger partial charge in [0.2, 0.25) is 0 Å². The smallest absolute Gasteiger partial charge is 0.150 e. The Morgan fingerprint density at radius 2 is 1.93 bits per heavy atom. The van der Waals surface area contributed by atoms with E-state index in [1.807, 2.05) is 19.1 Å². The van der Waals surface area contributed by atoms with Crippen LogP contribution >= 0.6 is 0 Å². The molecule has 72 valence electrons. The second-order valence-electron chi connectivity index (χ2n) is 3.58. The molecule has 2 rings (SSSR count). The Bertz CT molecular complexity index is 469. The van der Waals surface area contributed by atoms with Crippen molar-refractivity contribution in [3.63, 3.8) is 0 Å². The summed E-state index contributed by atoms with van der Waals surface area (Å²) in [6.07, 6.45) is 0. The van der Waals surface area contributed by atoms with Gasteiger partial charge < -0.3 is 10.2 Å². The zero-order chi connectivity index (χ0) is 10.3. The Balaban J connectivity index is 2.82. The monoisotopic (exact) mass is 187 g/mol. The largest absolute Gasteiger partial charge is 0.454 e. The summed E-state index contributed by atoms with van der Waals surface area (Å²) < 4.78 is 5.62. The molecule has 0 atom stereocenters. The summed E-state index contributed by atoms with van der Waals surface area (Å²) in [5.41, 5.74) is 9.29. The molecule has 0 bridgehead atoms. The summed E-state index contributed by atoms with van der Waals surface area (Å²) in [4.78, 5) is 0. The topological polar surface area (TPSA) is 39.2 Å². The van der Waals surface area contributed by atoms with Crippen LogP contribution in [0.25, 0.3) is 16.7 Å². The molecule has 0 unspecified atom stereocenters. The van der Waals surface area contributed by atoms with Gasteiger partial charge in [0, 0.05) is 5.39 Å². The zero-order valence-corrected chi connectivity index (χ0v) is 8.42. The van der Waals surface area contributed by atoms with Gasteiger partial charge in [-0.25, -0.2) is 0 Å². The van der Waals surface area contributed by atoms with Crippen LogP contribution in [0.3, 0.4) is 0 Å². The highest BCUT2D eigenvalue weighted by Gasteiger charge is 2.08. The van der Waals surface area contributed by atoms with Gasteiger partial charge in [0.1, 0.15) is 11.3 Å². The van der Waals surface area contributed by atoms with Crippen molar-refractivity contribution < 1.29 is 4.42 Å². The fourth-order valence-corrected chi connectivity index (χ4v) is 1.55. The standard InChI is InChI=1S/C12H13NO/c1-7-4-5-8(2)12-10(7)6-11(14-12)9(3)13/h4-6H,3,13H2,1-2H3. The number of nitrogens with two attached hydrogens (primary N) is 1. The Labute approximate surface area is 83.0 Å². The van der Waals surface area contributed by atoms with Crippen molar-refractivity contribution in [3.05, 3.63) is 41.7 Å². The number of hydrogen-bond acceptors (Lipinski definition) is 2. The number of rotatable bonds is 1. The molecule has 0 radical (unpaired) electrons. The van der Waals surface area contributed by atoms with Crippen LogP contribution in [0, 0.1) is 13.8 Å². The SMILES string of the molecule is C=C(N)c1cc2c(C)ccc(C)c2o1. The molecule has 1 aromatic carbocycles. The number of benzene rings is 1. The van der Waals surface area contributed by atoms with E-state index >= 15 is 0 Å². The first kappa shape index (κ1) is 8.88. The Hall–Kier alpha value is -1.70. The summed E-state index contributed by atoms with van der Waals surface area (Å²) in [6.45, 7) is 7.74. The molecule has 0 spiro atoms. The minimum Gasteiger partial charge on any atom is -0.454 e. The predicted molar refractivity (Wildman–Crippen MR) is 58.9 cm³/mol. The molecule has 0 aliphatic carbocycles. The lowest BCUT2D eigenvalue weighted by Crippen LogP contribution is -1.90. The normalized spacial score (nSPS) is 10.7. The van der Waals surface area contributed by atoms with E-state index in [1.165, 1.54) is 5.56 Å². The van der Waals surface area contributed by atoms with E-state index in [0.717, 1.165) is 16.5 Å². The average Bonchev–Trinajstić information content (AvgIpc) is 2.57. The van der Waals surface area contributed by atoms with Gasteiger partial charge in [0.05, 0.1) is 5.70 Å². The third kappa shape index (κ3) is 1.20. The van der Waals surface area contributed by atoms with Crippen molar-refractivity contribution in [2.45, 2.75) is 13.8 Å². The lowest BCUT2D eigenvalue weighted by molar-refractivity contribution is 0.596. The van der Waals surface area contributed by atoms with E-state index in [-0.39, 0.29) is 0 Å². The lowest BCUT2D eigenvalue weighted by atomic mass is 10.1. The van der Waals surface area contributed by atoms with Gasteiger partial charge in [-0.2, -0.15) is 0 Å². The van der Waals surface area contributed by atoms with Crippen LogP contribution in [0.1, 0.15) is 16.9 Å². The van der Waals surface area contributed by atoms with Gasteiger partial charge in [-0.3, -0.25) is 0 Å². The summed E-state index contributed by atoms with van der Waals surface area (Å²) in [6, 6.07) is 6.07. The van der Waals surface area contributed by atoms with Crippen molar-refractivity contribution in [3.8, 4) is 0 Å². The first-order chi connectivity index (χ1) is 6.59. The molecule has 2 aromatic rings. The summed E-state index contributed by atoms with van der Waals surface area (Å²) in [5.74, 6) is 0.664. The molecule has 14 heavy (non-hydrogen) atoms. The molecule has 0 fully saturated rings. The van der Waals surface area contributed by atoms with Crippen LogP contribution in [0.4, 0.5) is 0 Å². The van der Waals surface area contributed by atoms with Crippen molar-refractivity contribution in [2.24, 2.45) is 5.73 Å². The molecule has 1 heterocycles. The molecule has 2 N–H and O–H groups in total. The molecule has 0 amide bonds. The molecule has 0 aliphatic heterocycles. The van der Waals surface area contributed by atoms with Crippen LogP contribution in [-0.2, 0) is 0 Å². The van der Waals surface area contributed by atoms with Gasteiger partial charge in [-0.05, 0) is 31.0 Å². The highest BCUT2D eigenvalue weighted by molar-refractivity contribution is 5.86. The van der Waals surface area contributed by atoms with Crippen molar-refractivity contribution in [2.75, 3.05) is 0 Å². The van der Waals surface area contributed by atoms with Gasteiger partial charge in [0.25, 0.3) is 0 Å². The number of furan rings is 1. The van der Waals surface area contributed by atoms with Crippen molar-refractivity contribution in [1.29, 1.82) is 0 Å². The van der Waals surface area contributed by atoms with E-state index in [4.69, 9.17) is 10.2 Å². The second kappa shape index (κ2) is 2.91. The zero-order valence-electron chi connectivity index (χ0n) is 8.42. The Kier molecular flexibility index (Phi) is 1.84. The maximum atomic E-state index is 5.62. The molecule has 0 saturated carbocycles. The predicted octanol–water partition coefficient (Wildman–Crippen LogP) is 2.98. The second-order valence-corrected chi connectivity index (χ2v) is 3.58. The first-order valence-electron chi connectivity index (χ1n) is 4.54. The van der Waals surface area contributed by atoms with Gasteiger partial charge in [0.15, 0.2) is 0 Å². The van der Waals surface area contributed by atoms with E-state index in [1.54, 1.807) is 0 Å². The third-order valence-corrected chi connectivity index (χ3v) is 2.41. The van der Waals surface area contributed by atoms with Crippen LogP contribution in [0.5, 0.6) is 0 Å². The maximum Gasteiger partial charge on any atom is 0.150 e. The highest BCUT2D eigenvalue weighted by Crippen LogP contribution is 2.27. The van der Waals surface area contributed by atoms with E-state index in [0.29, 0.717) is 11.5 Å². The number of aryl methyl sites for hydroxylation is 2. The average molecular weight is 187 g/mol. The van der Waals surface area contributed by atoms with Crippen LogP contribution in [0.15, 0.2) is 29.2 Å². The summed E-state index contributed by atoms with van der Waals surface area (Å²) in [7, 11) is 0. The molecular formula is C12H13NO. The lowest BCUT2D eigenvalue weighted by Gasteiger charge is -1.96. The summed E-state index contributed by atoms with van der Waals surface area (Å²) >= 11 is 0. The molecule has 1 aromatic heterocycles. The number of fused-ring (bicyclic) bond motifs is 1. The molecule has 0 saturated heterocycles. The van der Waals surface area contributed by atoms with E-state index in [2.05, 4.69) is 19.6 Å². The minimum atomic E-state index is 0.472. The van der Waals surface area contributed by atoms with E-state index in [9.17, 15) is 0 Å². The van der Waals surface area contributed by atoms with Gasteiger partial charge in [-0.15, -0.1) is 0 Å². The van der Waals surface area contributed by atoms with Crippen molar-refractivity contribution >= 4 is 16.7 Å². The molecule has 2 heteroatoms. The van der Waals surface area contributed by atoms with E-state index < -0.39 is 0 Å². The third-order valence-electron chi connectivity index (χ3n) is 2.41. The Morgan fingerprint density at radius 3 is 2.50 bits per heavy atom. The van der Waals surface area contributed by atoms with Gasteiger partial charge in [-0.1, -0.05) is 18.7 Å². The summed E-state index contributed by atoms with van der Waals surface area (Å²) in [5, 5.41) is 1.12. The Morgan fingerprint density at radius 1 is 1.29 bits per heavy atom. The first-order valence-corrected chi connectivity index (χ1v) is 4.54. The number of hydrogen-bond donors (Lipinski definition) is 1. The fraction of sp³-hybridized carbons (Fsp3) is 0.167. The van der Waals surface area contributed by atoms with Crippen molar-refractivity contribution in [1.82, 2.24) is 0 Å². The molecule has 0 aliphatic rings. The van der Waals surface area contributed by atoms with Gasteiger partial charge >= 0.3 is 0 Å². The minimum absolute atomic E-state index is 0.472. The van der Waals surface area contributed by atoms with Crippen LogP contribution < -0.4 is 5.73 Å². The van der Waals surface area contributed by atoms with Crippen LogP contribution in [-0.4, -0.2) is 0 Å². The molecular weight excluding hydrogens is 174 g/mol. The maximum absolute atomic E-state index is 5.62.